The molecule has 0 saturated carbocycles. The van der Waals surface area contributed by atoms with Crippen LogP contribution in [0, 0.1) is 5.82 Å². The van der Waals surface area contributed by atoms with Crippen molar-refractivity contribution < 1.29 is 22.3 Å². The molecular formula is C20H25FN2O4S. The second-order valence-corrected chi connectivity index (χ2v) is 8.29. The first-order chi connectivity index (χ1) is 13.2. The first-order valence-electron chi connectivity index (χ1n) is 8.87. The highest BCUT2D eigenvalue weighted by Crippen LogP contribution is 2.25. The molecule has 0 spiro atoms. The van der Waals surface area contributed by atoms with E-state index in [0.717, 1.165) is 22.2 Å². The standard InChI is InChI=1S/C20H25FN2O4S/c1-5-18(15-10-12-16(27-3)13-11-15)22-20(24)14(2)23(28(4,25)26)19-9-7-6-8-17(19)21/h6-14,18H,5H2,1-4H3,(H,22,24). The normalized spacial score (nSPS) is 13.5. The molecule has 0 bridgehead atoms. The van der Waals surface area contributed by atoms with Gasteiger partial charge in [0.25, 0.3) is 0 Å². The van der Waals surface area contributed by atoms with Crippen LogP contribution < -0.4 is 14.4 Å². The van der Waals surface area contributed by atoms with Crippen LogP contribution in [-0.2, 0) is 14.8 Å². The number of halogens is 1. The van der Waals surface area contributed by atoms with Crippen molar-refractivity contribution in [2.24, 2.45) is 0 Å². The molecule has 0 aliphatic carbocycles. The SMILES string of the molecule is CCC(NC(=O)C(C)N(c1ccccc1F)S(C)(=O)=O)c1ccc(OC)cc1. The van der Waals surface area contributed by atoms with Gasteiger partial charge in [-0.2, -0.15) is 0 Å². The van der Waals surface area contributed by atoms with Gasteiger partial charge in [0.15, 0.2) is 0 Å². The summed E-state index contributed by atoms with van der Waals surface area (Å²) >= 11 is 0. The molecule has 28 heavy (non-hydrogen) atoms. The minimum Gasteiger partial charge on any atom is -0.497 e. The van der Waals surface area contributed by atoms with Crippen molar-refractivity contribution in [1.82, 2.24) is 5.32 Å². The molecule has 1 N–H and O–H groups in total. The molecule has 0 saturated heterocycles. The molecule has 2 aromatic rings. The summed E-state index contributed by atoms with van der Waals surface area (Å²) in [4.78, 5) is 12.8. The highest BCUT2D eigenvalue weighted by molar-refractivity contribution is 7.92. The number of benzene rings is 2. The van der Waals surface area contributed by atoms with Gasteiger partial charge in [-0.1, -0.05) is 31.2 Å². The Labute approximate surface area is 165 Å². The Morgan fingerprint density at radius 2 is 1.79 bits per heavy atom. The van der Waals surface area contributed by atoms with E-state index in [4.69, 9.17) is 4.74 Å². The molecule has 0 aliphatic rings. The minimum absolute atomic E-state index is 0.162. The van der Waals surface area contributed by atoms with Gasteiger partial charge in [0.2, 0.25) is 15.9 Å². The van der Waals surface area contributed by atoms with Gasteiger partial charge in [-0.3, -0.25) is 9.10 Å². The molecule has 2 atom stereocenters. The number of ether oxygens (including phenoxy) is 1. The molecule has 0 radical (unpaired) electrons. The number of carbonyl (C=O) groups is 1. The van der Waals surface area contributed by atoms with Crippen LogP contribution in [-0.4, -0.2) is 33.7 Å². The lowest BCUT2D eigenvalue weighted by Gasteiger charge is -2.30. The summed E-state index contributed by atoms with van der Waals surface area (Å²) < 4.78 is 44.7. The van der Waals surface area contributed by atoms with Crippen molar-refractivity contribution in [2.45, 2.75) is 32.4 Å². The van der Waals surface area contributed by atoms with E-state index < -0.39 is 27.8 Å². The highest BCUT2D eigenvalue weighted by Gasteiger charge is 2.31. The molecule has 2 unspecified atom stereocenters. The zero-order valence-corrected chi connectivity index (χ0v) is 17.2. The number of nitrogens with one attached hydrogen (secondary N) is 1. The van der Waals surface area contributed by atoms with E-state index in [0.29, 0.717) is 12.2 Å². The quantitative estimate of drug-likeness (QED) is 0.728. The van der Waals surface area contributed by atoms with Crippen LogP contribution in [0.2, 0.25) is 0 Å². The van der Waals surface area contributed by atoms with Gasteiger partial charge in [-0.25, -0.2) is 12.8 Å². The Bertz CT molecular complexity index is 916. The van der Waals surface area contributed by atoms with E-state index in [9.17, 15) is 17.6 Å². The van der Waals surface area contributed by atoms with Crippen molar-refractivity contribution in [1.29, 1.82) is 0 Å². The summed E-state index contributed by atoms with van der Waals surface area (Å²) in [6.07, 6.45) is 1.55. The van der Waals surface area contributed by atoms with Gasteiger partial charge in [0.1, 0.15) is 17.6 Å². The van der Waals surface area contributed by atoms with Gasteiger partial charge in [-0.15, -0.1) is 0 Å². The van der Waals surface area contributed by atoms with Crippen LogP contribution in [0.15, 0.2) is 48.5 Å². The van der Waals surface area contributed by atoms with Crippen LogP contribution >= 0.6 is 0 Å². The number of rotatable bonds is 8. The number of sulfonamides is 1. The summed E-state index contributed by atoms with van der Waals surface area (Å²) in [6.45, 7) is 3.34. The summed E-state index contributed by atoms with van der Waals surface area (Å²) in [5.74, 6) is -0.535. The Balaban J connectivity index is 2.27. The number of carbonyl (C=O) groups excluding carboxylic acids is 1. The van der Waals surface area contributed by atoms with Crippen molar-refractivity contribution in [3.63, 3.8) is 0 Å². The molecule has 0 aromatic heterocycles. The predicted molar refractivity (Wildman–Crippen MR) is 107 cm³/mol. The van der Waals surface area contributed by atoms with E-state index in [1.54, 1.807) is 19.2 Å². The number of methoxy groups -OCH3 is 1. The third-order valence-corrected chi connectivity index (χ3v) is 5.65. The zero-order chi connectivity index (χ0) is 20.9. The lowest BCUT2D eigenvalue weighted by molar-refractivity contribution is -0.122. The van der Waals surface area contributed by atoms with Crippen LogP contribution in [0.3, 0.4) is 0 Å². The largest absolute Gasteiger partial charge is 0.497 e. The van der Waals surface area contributed by atoms with Crippen molar-refractivity contribution in [3.05, 3.63) is 59.9 Å². The number of hydrogen-bond acceptors (Lipinski definition) is 4. The minimum atomic E-state index is -3.88. The van der Waals surface area contributed by atoms with Gasteiger partial charge in [0, 0.05) is 0 Å². The lowest BCUT2D eigenvalue weighted by atomic mass is 10.0. The smallest absolute Gasteiger partial charge is 0.244 e. The van der Waals surface area contributed by atoms with Crippen LogP contribution in [0.4, 0.5) is 10.1 Å². The molecule has 0 fully saturated rings. The topological polar surface area (TPSA) is 75.7 Å². The summed E-state index contributed by atoms with van der Waals surface area (Å²) in [5, 5.41) is 2.85. The van der Waals surface area contributed by atoms with Crippen molar-refractivity contribution in [2.75, 3.05) is 17.7 Å². The summed E-state index contributed by atoms with van der Waals surface area (Å²) in [5.41, 5.74) is 0.700. The van der Waals surface area contributed by atoms with Gasteiger partial charge in [0.05, 0.1) is 25.1 Å². The molecule has 152 valence electrons. The lowest BCUT2D eigenvalue weighted by Crippen LogP contribution is -2.48. The van der Waals surface area contributed by atoms with Crippen molar-refractivity contribution >= 4 is 21.6 Å². The molecular weight excluding hydrogens is 383 g/mol. The Kier molecular flexibility index (Phi) is 7.01. The van der Waals surface area contributed by atoms with Gasteiger partial charge < -0.3 is 10.1 Å². The number of nitrogens with zero attached hydrogens (tertiary/aromatic N) is 1. The molecule has 0 heterocycles. The Hall–Kier alpha value is -2.61. The third-order valence-electron chi connectivity index (χ3n) is 4.42. The van der Waals surface area contributed by atoms with E-state index in [1.165, 1.54) is 25.1 Å². The summed E-state index contributed by atoms with van der Waals surface area (Å²) in [6, 6.07) is 11.3. The highest BCUT2D eigenvalue weighted by atomic mass is 32.2. The second kappa shape index (κ2) is 9.05. The van der Waals surface area contributed by atoms with E-state index >= 15 is 0 Å². The monoisotopic (exact) mass is 408 g/mol. The molecule has 2 rings (SSSR count). The van der Waals surface area contributed by atoms with E-state index in [2.05, 4.69) is 5.32 Å². The first-order valence-corrected chi connectivity index (χ1v) is 10.7. The maximum absolute atomic E-state index is 14.2. The third kappa shape index (κ3) is 5.01. The predicted octanol–water partition coefficient (Wildman–Crippen LogP) is 3.26. The van der Waals surface area contributed by atoms with Gasteiger partial charge in [-0.05, 0) is 43.2 Å². The van der Waals surface area contributed by atoms with Crippen LogP contribution in [0.1, 0.15) is 31.9 Å². The van der Waals surface area contributed by atoms with Crippen LogP contribution in [0.25, 0.3) is 0 Å². The fraction of sp³-hybridized carbons (Fsp3) is 0.350. The fourth-order valence-corrected chi connectivity index (χ4v) is 4.14. The molecule has 2 aromatic carbocycles. The number of anilines is 1. The second-order valence-electron chi connectivity index (χ2n) is 6.43. The first kappa shape index (κ1) is 21.7. The number of amides is 1. The van der Waals surface area contributed by atoms with Crippen LogP contribution in [0.5, 0.6) is 5.75 Å². The number of hydrogen-bond donors (Lipinski definition) is 1. The van der Waals surface area contributed by atoms with E-state index in [-0.39, 0.29) is 11.7 Å². The van der Waals surface area contributed by atoms with Gasteiger partial charge >= 0.3 is 0 Å². The van der Waals surface area contributed by atoms with E-state index in [1.807, 2.05) is 19.1 Å². The zero-order valence-electron chi connectivity index (χ0n) is 16.3. The summed E-state index contributed by atoms with van der Waals surface area (Å²) in [7, 11) is -2.32. The molecule has 1 amide bonds. The maximum Gasteiger partial charge on any atom is 0.244 e. The Morgan fingerprint density at radius 3 is 2.29 bits per heavy atom. The maximum atomic E-state index is 14.2. The Morgan fingerprint density at radius 1 is 1.18 bits per heavy atom. The molecule has 0 aliphatic heterocycles. The molecule has 8 heteroatoms. The average molecular weight is 408 g/mol. The fourth-order valence-electron chi connectivity index (χ4n) is 2.96. The average Bonchev–Trinajstić information content (AvgIpc) is 2.66. The molecule has 6 nitrogen and oxygen atoms in total. The number of para-hydroxylation sites is 1. The van der Waals surface area contributed by atoms with Crippen molar-refractivity contribution in [3.8, 4) is 5.75 Å².